The summed E-state index contributed by atoms with van der Waals surface area (Å²) in [5.41, 5.74) is 0. The summed E-state index contributed by atoms with van der Waals surface area (Å²) in [6, 6.07) is 0.288. The lowest BCUT2D eigenvalue weighted by Crippen LogP contribution is -2.49. The van der Waals surface area contributed by atoms with Crippen molar-refractivity contribution in [1.29, 1.82) is 0 Å². The Hall–Kier alpha value is -0.160. The molecule has 0 bridgehead atoms. The molecule has 0 atom stereocenters. The molecule has 0 aromatic heterocycles. The van der Waals surface area contributed by atoms with Crippen molar-refractivity contribution in [2.24, 2.45) is 5.92 Å². The highest BCUT2D eigenvalue weighted by Gasteiger charge is 2.27. The van der Waals surface area contributed by atoms with Crippen LogP contribution in [0.25, 0.3) is 0 Å². The van der Waals surface area contributed by atoms with E-state index in [-0.39, 0.29) is 6.04 Å². The average Bonchev–Trinajstić information content (AvgIpc) is 2.19. The Bertz CT molecular complexity index is 185. The van der Waals surface area contributed by atoms with Gasteiger partial charge in [-0.3, -0.25) is 0 Å². The molecule has 0 amide bonds. The van der Waals surface area contributed by atoms with Gasteiger partial charge in [0.2, 0.25) is 0 Å². The minimum Gasteiger partial charge on any atom is -0.380 e. The predicted molar refractivity (Wildman–Crippen MR) is 63.4 cm³/mol. The second-order valence-corrected chi connectivity index (χ2v) is 5.14. The predicted octanol–water partition coefficient (Wildman–Crippen LogP) is 1.40. The average molecular weight is 231 g/mol. The summed E-state index contributed by atoms with van der Waals surface area (Å²) in [6.07, 6.45) is 0. The van der Waals surface area contributed by atoms with Gasteiger partial charge in [-0.05, 0) is 19.8 Å². The van der Waals surface area contributed by atoms with Gasteiger partial charge in [0, 0.05) is 13.2 Å². The first-order valence-corrected chi connectivity index (χ1v) is 6.08. The molecule has 4 heteroatoms. The summed E-state index contributed by atoms with van der Waals surface area (Å²) in [6.45, 7) is 12.0. The van der Waals surface area contributed by atoms with Crippen LogP contribution in [0.5, 0.6) is 0 Å². The van der Waals surface area contributed by atoms with Crippen LogP contribution >= 0.6 is 0 Å². The van der Waals surface area contributed by atoms with Crippen LogP contribution in [-0.2, 0) is 14.2 Å². The Kier molecular flexibility index (Phi) is 5.69. The normalized spacial score (nSPS) is 21.6. The fourth-order valence-corrected chi connectivity index (χ4v) is 1.46. The third-order valence-corrected chi connectivity index (χ3v) is 2.39. The maximum absolute atomic E-state index is 5.55. The van der Waals surface area contributed by atoms with E-state index in [4.69, 9.17) is 14.2 Å². The fourth-order valence-electron chi connectivity index (χ4n) is 1.46. The van der Waals surface area contributed by atoms with Gasteiger partial charge in [-0.25, -0.2) is 0 Å². The largest absolute Gasteiger partial charge is 0.380 e. The molecule has 1 N–H and O–H groups in total. The first-order valence-electron chi connectivity index (χ1n) is 6.08. The van der Waals surface area contributed by atoms with Crippen LogP contribution in [-0.4, -0.2) is 44.8 Å². The smallest absolute Gasteiger partial charge is 0.162 e. The molecule has 1 aliphatic rings. The lowest BCUT2D eigenvalue weighted by atomic mass is 10.2. The molecule has 16 heavy (non-hydrogen) atoms. The summed E-state index contributed by atoms with van der Waals surface area (Å²) >= 11 is 0. The molecule has 0 aromatic rings. The molecule has 0 spiro atoms. The lowest BCUT2D eigenvalue weighted by Gasteiger charge is -2.35. The van der Waals surface area contributed by atoms with Gasteiger partial charge in [0.05, 0.1) is 25.9 Å². The van der Waals surface area contributed by atoms with Crippen LogP contribution in [0.15, 0.2) is 0 Å². The molecule has 1 rings (SSSR count). The minimum atomic E-state index is -0.424. The van der Waals surface area contributed by atoms with E-state index in [1.165, 1.54) is 0 Å². The standard InChI is InChI=1S/C12H25NO3/c1-10(2)7-14-6-5-13-11-8-15-12(3,4)16-9-11/h10-11,13H,5-9H2,1-4H3. The number of ether oxygens (including phenoxy) is 3. The summed E-state index contributed by atoms with van der Waals surface area (Å²) in [5.74, 6) is 0.175. The van der Waals surface area contributed by atoms with Crippen LogP contribution < -0.4 is 5.32 Å². The van der Waals surface area contributed by atoms with Gasteiger partial charge in [0.1, 0.15) is 0 Å². The topological polar surface area (TPSA) is 39.7 Å². The fraction of sp³-hybridized carbons (Fsp3) is 1.00. The molecule has 0 aliphatic carbocycles. The van der Waals surface area contributed by atoms with Crippen molar-refractivity contribution in [3.8, 4) is 0 Å². The summed E-state index contributed by atoms with van der Waals surface area (Å²) in [5, 5.41) is 3.36. The maximum atomic E-state index is 5.55. The van der Waals surface area contributed by atoms with Gasteiger partial charge in [0.15, 0.2) is 5.79 Å². The second-order valence-electron chi connectivity index (χ2n) is 5.14. The Morgan fingerprint density at radius 2 is 1.94 bits per heavy atom. The highest BCUT2D eigenvalue weighted by Crippen LogP contribution is 2.16. The van der Waals surface area contributed by atoms with Crippen LogP contribution in [0.3, 0.4) is 0 Å². The molecule has 1 fully saturated rings. The molecule has 1 heterocycles. The summed E-state index contributed by atoms with van der Waals surface area (Å²) in [4.78, 5) is 0. The minimum absolute atomic E-state index is 0.288. The number of rotatable bonds is 6. The maximum Gasteiger partial charge on any atom is 0.162 e. The number of nitrogens with one attached hydrogen (secondary N) is 1. The van der Waals surface area contributed by atoms with Crippen molar-refractivity contribution in [1.82, 2.24) is 5.32 Å². The van der Waals surface area contributed by atoms with Gasteiger partial charge in [-0.15, -0.1) is 0 Å². The van der Waals surface area contributed by atoms with Crippen LogP contribution in [0, 0.1) is 5.92 Å². The monoisotopic (exact) mass is 231 g/mol. The van der Waals surface area contributed by atoms with E-state index in [0.29, 0.717) is 19.1 Å². The Morgan fingerprint density at radius 3 is 2.50 bits per heavy atom. The van der Waals surface area contributed by atoms with E-state index in [1.54, 1.807) is 0 Å². The van der Waals surface area contributed by atoms with Crippen molar-refractivity contribution < 1.29 is 14.2 Å². The molecule has 1 aliphatic heterocycles. The highest BCUT2D eigenvalue weighted by molar-refractivity contribution is 4.72. The summed E-state index contributed by atoms with van der Waals surface area (Å²) in [7, 11) is 0. The molecular weight excluding hydrogens is 206 g/mol. The van der Waals surface area contributed by atoms with E-state index in [0.717, 1.165) is 19.8 Å². The van der Waals surface area contributed by atoms with E-state index in [1.807, 2.05) is 13.8 Å². The van der Waals surface area contributed by atoms with Gasteiger partial charge in [0.25, 0.3) is 0 Å². The molecule has 4 nitrogen and oxygen atoms in total. The van der Waals surface area contributed by atoms with Crippen molar-refractivity contribution in [3.63, 3.8) is 0 Å². The Balaban J connectivity index is 1.98. The van der Waals surface area contributed by atoms with Crippen molar-refractivity contribution in [3.05, 3.63) is 0 Å². The van der Waals surface area contributed by atoms with Crippen molar-refractivity contribution >= 4 is 0 Å². The third kappa shape index (κ3) is 5.80. The van der Waals surface area contributed by atoms with Gasteiger partial charge < -0.3 is 19.5 Å². The Labute approximate surface area is 98.6 Å². The lowest BCUT2D eigenvalue weighted by molar-refractivity contribution is -0.253. The zero-order valence-corrected chi connectivity index (χ0v) is 10.9. The molecule has 0 saturated carbocycles. The molecule has 0 aromatic carbocycles. The SMILES string of the molecule is CC(C)COCCNC1COC(C)(C)OC1. The first kappa shape index (κ1) is 13.9. The van der Waals surface area contributed by atoms with E-state index < -0.39 is 5.79 Å². The number of hydrogen-bond acceptors (Lipinski definition) is 4. The molecule has 1 saturated heterocycles. The third-order valence-electron chi connectivity index (χ3n) is 2.39. The van der Waals surface area contributed by atoms with E-state index in [2.05, 4.69) is 19.2 Å². The van der Waals surface area contributed by atoms with Gasteiger partial charge >= 0.3 is 0 Å². The molecular formula is C12H25NO3. The molecule has 0 radical (unpaired) electrons. The highest BCUT2D eigenvalue weighted by atomic mass is 16.7. The molecule has 0 unspecified atom stereocenters. The summed E-state index contributed by atoms with van der Waals surface area (Å²) < 4.78 is 16.6. The number of hydrogen-bond donors (Lipinski definition) is 1. The quantitative estimate of drug-likeness (QED) is 0.701. The zero-order chi connectivity index (χ0) is 12.0. The zero-order valence-electron chi connectivity index (χ0n) is 10.9. The van der Waals surface area contributed by atoms with Gasteiger partial charge in [-0.1, -0.05) is 13.8 Å². The van der Waals surface area contributed by atoms with E-state index >= 15 is 0 Å². The van der Waals surface area contributed by atoms with Crippen LogP contribution in [0.4, 0.5) is 0 Å². The van der Waals surface area contributed by atoms with Gasteiger partial charge in [-0.2, -0.15) is 0 Å². The van der Waals surface area contributed by atoms with Crippen molar-refractivity contribution in [2.45, 2.75) is 39.5 Å². The van der Waals surface area contributed by atoms with Crippen LogP contribution in [0.1, 0.15) is 27.7 Å². The van der Waals surface area contributed by atoms with E-state index in [9.17, 15) is 0 Å². The first-order chi connectivity index (χ1) is 7.49. The second kappa shape index (κ2) is 6.55. The molecule has 96 valence electrons. The van der Waals surface area contributed by atoms with Crippen LogP contribution in [0.2, 0.25) is 0 Å². The van der Waals surface area contributed by atoms with Crippen molar-refractivity contribution in [2.75, 3.05) is 33.0 Å². The Morgan fingerprint density at radius 1 is 1.31 bits per heavy atom.